The molecule has 21 heavy (non-hydrogen) atoms. The van der Waals surface area contributed by atoms with E-state index < -0.39 is 0 Å². The minimum atomic E-state index is -0.291. The first kappa shape index (κ1) is 14.8. The second kappa shape index (κ2) is 7.28. The highest BCUT2D eigenvalue weighted by atomic mass is 16.5. The van der Waals surface area contributed by atoms with Crippen LogP contribution in [0.5, 0.6) is 5.88 Å². The molecule has 0 aliphatic rings. The zero-order valence-electron chi connectivity index (χ0n) is 12.2. The lowest BCUT2D eigenvalue weighted by Crippen LogP contribution is -2.31. The molecule has 2 aromatic rings. The van der Waals surface area contributed by atoms with Crippen LogP contribution >= 0.6 is 0 Å². The average Bonchev–Trinajstić information content (AvgIpc) is 2.50. The molecule has 0 spiro atoms. The average molecular weight is 285 g/mol. The Kier molecular flexibility index (Phi) is 5.15. The molecule has 5 heteroatoms. The molecule has 0 aliphatic heterocycles. The standard InChI is InChI=1S/C16H19N3O2/c1-3-21-15-14(10-7-11-17-15)19-16(20)18-12(2)13-8-5-4-6-9-13/h4-12H,3H2,1-2H3,(H2,18,19,20). The Morgan fingerprint density at radius 2 is 2.00 bits per heavy atom. The summed E-state index contributed by atoms with van der Waals surface area (Å²) in [5, 5.41) is 5.64. The number of benzene rings is 1. The molecule has 5 nitrogen and oxygen atoms in total. The van der Waals surface area contributed by atoms with Gasteiger partial charge < -0.3 is 15.4 Å². The van der Waals surface area contributed by atoms with Gasteiger partial charge in [0.05, 0.1) is 12.6 Å². The highest BCUT2D eigenvalue weighted by Crippen LogP contribution is 2.20. The van der Waals surface area contributed by atoms with Crippen molar-refractivity contribution in [3.63, 3.8) is 0 Å². The zero-order chi connectivity index (χ0) is 15.1. The number of pyridine rings is 1. The van der Waals surface area contributed by atoms with Gasteiger partial charge in [-0.1, -0.05) is 30.3 Å². The van der Waals surface area contributed by atoms with E-state index in [-0.39, 0.29) is 12.1 Å². The number of nitrogens with zero attached hydrogens (tertiary/aromatic N) is 1. The van der Waals surface area contributed by atoms with Crippen LogP contribution in [0.4, 0.5) is 10.5 Å². The van der Waals surface area contributed by atoms with Crippen molar-refractivity contribution < 1.29 is 9.53 Å². The third-order valence-corrected chi connectivity index (χ3v) is 2.95. The van der Waals surface area contributed by atoms with E-state index in [0.717, 1.165) is 5.56 Å². The molecular weight excluding hydrogens is 266 g/mol. The topological polar surface area (TPSA) is 63.2 Å². The van der Waals surface area contributed by atoms with Crippen LogP contribution in [0.15, 0.2) is 48.7 Å². The van der Waals surface area contributed by atoms with Crippen LogP contribution in [0, 0.1) is 0 Å². The van der Waals surface area contributed by atoms with Crippen LogP contribution in [0.2, 0.25) is 0 Å². The highest BCUT2D eigenvalue weighted by molar-refractivity contribution is 5.90. The molecule has 0 bridgehead atoms. The summed E-state index contributed by atoms with van der Waals surface area (Å²) in [7, 11) is 0. The molecule has 0 saturated heterocycles. The van der Waals surface area contributed by atoms with Crippen molar-refractivity contribution in [2.24, 2.45) is 0 Å². The number of carbonyl (C=O) groups is 1. The SMILES string of the molecule is CCOc1ncccc1NC(=O)NC(C)c1ccccc1. The Labute approximate surface area is 124 Å². The van der Waals surface area contributed by atoms with Gasteiger partial charge in [-0.15, -0.1) is 0 Å². The Balaban J connectivity index is 1.99. The predicted molar refractivity (Wildman–Crippen MR) is 82.4 cm³/mol. The summed E-state index contributed by atoms with van der Waals surface area (Å²) in [6.07, 6.45) is 1.63. The maximum absolute atomic E-state index is 12.0. The summed E-state index contributed by atoms with van der Waals surface area (Å²) in [5.74, 6) is 0.419. The van der Waals surface area contributed by atoms with Crippen molar-refractivity contribution in [2.75, 3.05) is 11.9 Å². The number of anilines is 1. The molecule has 1 heterocycles. The van der Waals surface area contributed by atoms with E-state index in [2.05, 4.69) is 15.6 Å². The Bertz CT molecular complexity index is 587. The maximum Gasteiger partial charge on any atom is 0.319 e. The number of rotatable bonds is 5. The van der Waals surface area contributed by atoms with Gasteiger partial charge in [0, 0.05) is 6.20 Å². The van der Waals surface area contributed by atoms with Crippen LogP contribution in [0.3, 0.4) is 0 Å². The minimum Gasteiger partial charge on any atom is -0.476 e. The van der Waals surface area contributed by atoms with Crippen molar-refractivity contribution in [3.8, 4) is 5.88 Å². The molecule has 1 atom stereocenters. The van der Waals surface area contributed by atoms with Gasteiger partial charge in [-0.2, -0.15) is 0 Å². The number of carbonyl (C=O) groups excluding carboxylic acids is 1. The van der Waals surface area contributed by atoms with Crippen molar-refractivity contribution >= 4 is 11.7 Å². The molecule has 0 saturated carbocycles. The third-order valence-electron chi connectivity index (χ3n) is 2.95. The lowest BCUT2D eigenvalue weighted by Gasteiger charge is -2.16. The molecular formula is C16H19N3O2. The van der Waals surface area contributed by atoms with E-state index in [1.807, 2.05) is 44.2 Å². The van der Waals surface area contributed by atoms with Crippen LogP contribution in [-0.2, 0) is 0 Å². The van der Waals surface area contributed by atoms with Crippen molar-refractivity contribution in [1.29, 1.82) is 0 Å². The molecule has 1 aromatic carbocycles. The number of hydrogen-bond donors (Lipinski definition) is 2. The first-order chi connectivity index (χ1) is 10.2. The number of aromatic nitrogens is 1. The molecule has 1 aromatic heterocycles. The van der Waals surface area contributed by atoms with Crippen LogP contribution in [0.1, 0.15) is 25.5 Å². The smallest absolute Gasteiger partial charge is 0.319 e. The molecule has 110 valence electrons. The van der Waals surface area contributed by atoms with Gasteiger partial charge >= 0.3 is 6.03 Å². The molecule has 0 aliphatic carbocycles. The van der Waals surface area contributed by atoms with Gasteiger partial charge in [-0.25, -0.2) is 9.78 Å². The first-order valence-corrected chi connectivity index (χ1v) is 6.91. The van der Waals surface area contributed by atoms with E-state index >= 15 is 0 Å². The molecule has 0 radical (unpaired) electrons. The van der Waals surface area contributed by atoms with Gasteiger partial charge in [-0.05, 0) is 31.5 Å². The number of hydrogen-bond acceptors (Lipinski definition) is 3. The molecule has 2 amide bonds. The van der Waals surface area contributed by atoms with Crippen molar-refractivity contribution in [1.82, 2.24) is 10.3 Å². The summed E-state index contributed by atoms with van der Waals surface area (Å²) in [4.78, 5) is 16.1. The summed E-state index contributed by atoms with van der Waals surface area (Å²) in [6.45, 7) is 4.30. The van der Waals surface area contributed by atoms with Gasteiger partial charge in [0.2, 0.25) is 5.88 Å². The number of nitrogens with one attached hydrogen (secondary N) is 2. The minimum absolute atomic E-state index is 0.0848. The largest absolute Gasteiger partial charge is 0.476 e. The summed E-state index contributed by atoms with van der Waals surface area (Å²) >= 11 is 0. The Morgan fingerprint density at radius 1 is 1.24 bits per heavy atom. The molecule has 1 unspecified atom stereocenters. The normalized spacial score (nSPS) is 11.5. The van der Waals surface area contributed by atoms with E-state index in [0.29, 0.717) is 18.2 Å². The van der Waals surface area contributed by atoms with Crippen LogP contribution in [-0.4, -0.2) is 17.6 Å². The molecule has 0 fully saturated rings. The first-order valence-electron chi connectivity index (χ1n) is 6.91. The summed E-state index contributed by atoms with van der Waals surface area (Å²) in [6, 6.07) is 12.9. The monoisotopic (exact) mass is 285 g/mol. The lowest BCUT2D eigenvalue weighted by molar-refractivity contribution is 0.249. The van der Waals surface area contributed by atoms with Crippen molar-refractivity contribution in [3.05, 3.63) is 54.2 Å². The number of ether oxygens (including phenoxy) is 1. The summed E-state index contributed by atoms with van der Waals surface area (Å²) in [5.41, 5.74) is 1.60. The van der Waals surface area contributed by atoms with Crippen molar-refractivity contribution in [2.45, 2.75) is 19.9 Å². The van der Waals surface area contributed by atoms with E-state index in [9.17, 15) is 4.79 Å². The second-order valence-electron chi connectivity index (χ2n) is 4.52. The fraction of sp³-hybridized carbons (Fsp3) is 0.250. The lowest BCUT2D eigenvalue weighted by atomic mass is 10.1. The number of amides is 2. The fourth-order valence-corrected chi connectivity index (χ4v) is 1.92. The summed E-state index contributed by atoms with van der Waals surface area (Å²) < 4.78 is 5.37. The van der Waals surface area contributed by atoms with Crippen LogP contribution in [0.25, 0.3) is 0 Å². The predicted octanol–water partition coefficient (Wildman–Crippen LogP) is 3.36. The Morgan fingerprint density at radius 3 is 2.71 bits per heavy atom. The number of urea groups is 1. The van der Waals surface area contributed by atoms with E-state index in [4.69, 9.17) is 4.74 Å². The van der Waals surface area contributed by atoms with Gasteiger partial charge in [0.1, 0.15) is 5.69 Å². The van der Waals surface area contributed by atoms with Gasteiger partial charge in [-0.3, -0.25) is 0 Å². The van der Waals surface area contributed by atoms with E-state index in [1.54, 1.807) is 18.3 Å². The molecule has 2 rings (SSSR count). The van der Waals surface area contributed by atoms with Gasteiger partial charge in [0.25, 0.3) is 0 Å². The second-order valence-corrected chi connectivity index (χ2v) is 4.52. The quantitative estimate of drug-likeness (QED) is 0.885. The zero-order valence-corrected chi connectivity index (χ0v) is 12.2. The molecule has 2 N–H and O–H groups in total. The van der Waals surface area contributed by atoms with E-state index in [1.165, 1.54) is 0 Å². The maximum atomic E-state index is 12.0. The third kappa shape index (κ3) is 4.21. The van der Waals surface area contributed by atoms with Crippen LogP contribution < -0.4 is 15.4 Å². The highest BCUT2D eigenvalue weighted by Gasteiger charge is 2.11. The fourth-order valence-electron chi connectivity index (χ4n) is 1.92. The Hall–Kier alpha value is -2.56. The van der Waals surface area contributed by atoms with Gasteiger partial charge in [0.15, 0.2) is 0 Å².